The largest absolute Gasteiger partial charge is 0.467 e. The molecule has 1 heterocycles. The molecule has 0 saturated heterocycles. The predicted octanol–water partition coefficient (Wildman–Crippen LogP) is -0.784. The zero-order chi connectivity index (χ0) is 9.19. The Bertz CT molecular complexity index is 227. The lowest BCUT2D eigenvalue weighted by molar-refractivity contribution is -0.146. The fourth-order valence-electron chi connectivity index (χ4n) is 1.15. The molecule has 0 spiro atoms. The van der Waals surface area contributed by atoms with E-state index >= 15 is 0 Å². The average Bonchev–Trinajstić information content (AvgIpc) is 2.47. The SMILES string of the molecule is CCC1(C(=O)OC)C=C(N)NN1. The number of carbonyl (C=O) groups is 1. The quantitative estimate of drug-likeness (QED) is 0.475. The Hall–Kier alpha value is -1.23. The summed E-state index contributed by atoms with van der Waals surface area (Å²) in [7, 11) is 1.35. The maximum Gasteiger partial charge on any atom is 0.331 e. The Morgan fingerprint density at radius 2 is 2.50 bits per heavy atom. The first-order valence-corrected chi connectivity index (χ1v) is 3.74. The van der Waals surface area contributed by atoms with Crippen molar-refractivity contribution in [2.45, 2.75) is 18.9 Å². The smallest absolute Gasteiger partial charge is 0.331 e. The summed E-state index contributed by atoms with van der Waals surface area (Å²) in [6.45, 7) is 1.88. The number of hydrazine groups is 1. The topological polar surface area (TPSA) is 76.4 Å². The average molecular weight is 171 g/mol. The second-order valence-corrected chi connectivity index (χ2v) is 2.67. The van der Waals surface area contributed by atoms with Crippen molar-refractivity contribution >= 4 is 5.97 Å². The van der Waals surface area contributed by atoms with Gasteiger partial charge in [-0.05, 0) is 12.5 Å². The van der Waals surface area contributed by atoms with Crippen LogP contribution in [0, 0.1) is 0 Å². The summed E-state index contributed by atoms with van der Waals surface area (Å²) in [6.07, 6.45) is 2.21. The molecular formula is C7H13N3O2. The monoisotopic (exact) mass is 171 g/mol. The first kappa shape index (κ1) is 8.86. The van der Waals surface area contributed by atoms with Crippen LogP contribution in [0.4, 0.5) is 0 Å². The van der Waals surface area contributed by atoms with Crippen LogP contribution >= 0.6 is 0 Å². The molecule has 0 bridgehead atoms. The molecule has 1 rings (SSSR count). The number of nitrogens with two attached hydrogens (primary N) is 1. The summed E-state index contributed by atoms with van der Waals surface area (Å²) < 4.78 is 4.64. The molecule has 1 aliphatic heterocycles. The molecule has 0 aromatic heterocycles. The van der Waals surface area contributed by atoms with E-state index < -0.39 is 5.54 Å². The number of hydrogen-bond donors (Lipinski definition) is 3. The summed E-state index contributed by atoms with van der Waals surface area (Å²) in [5.41, 5.74) is 10.1. The molecule has 4 N–H and O–H groups in total. The summed E-state index contributed by atoms with van der Waals surface area (Å²) in [5.74, 6) is 0.111. The van der Waals surface area contributed by atoms with Crippen LogP contribution in [-0.4, -0.2) is 18.6 Å². The Morgan fingerprint density at radius 3 is 2.83 bits per heavy atom. The van der Waals surface area contributed by atoms with E-state index in [0.29, 0.717) is 12.2 Å². The number of rotatable bonds is 2. The minimum Gasteiger partial charge on any atom is -0.467 e. The zero-order valence-corrected chi connectivity index (χ0v) is 7.18. The Morgan fingerprint density at radius 1 is 1.83 bits per heavy atom. The fourth-order valence-corrected chi connectivity index (χ4v) is 1.15. The van der Waals surface area contributed by atoms with E-state index in [9.17, 15) is 4.79 Å². The highest BCUT2D eigenvalue weighted by molar-refractivity contribution is 5.84. The molecule has 0 fully saturated rings. The number of hydrogen-bond acceptors (Lipinski definition) is 5. The van der Waals surface area contributed by atoms with Crippen molar-refractivity contribution in [2.24, 2.45) is 5.73 Å². The van der Waals surface area contributed by atoms with Gasteiger partial charge < -0.3 is 15.9 Å². The molecule has 0 amide bonds. The standard InChI is InChI=1S/C7H13N3O2/c1-3-7(6(11)12-2)4-5(8)9-10-7/h4,9-10H,3,8H2,1-2H3. The third kappa shape index (κ3) is 1.23. The highest BCUT2D eigenvalue weighted by Crippen LogP contribution is 2.17. The van der Waals surface area contributed by atoms with Gasteiger partial charge in [0, 0.05) is 0 Å². The highest BCUT2D eigenvalue weighted by atomic mass is 16.5. The number of esters is 1. The third-order valence-electron chi connectivity index (χ3n) is 1.94. The summed E-state index contributed by atoms with van der Waals surface area (Å²) >= 11 is 0. The maximum absolute atomic E-state index is 11.3. The van der Waals surface area contributed by atoms with Crippen LogP contribution in [-0.2, 0) is 9.53 Å². The number of ether oxygens (including phenoxy) is 1. The van der Waals surface area contributed by atoms with Gasteiger partial charge in [0.15, 0.2) is 5.54 Å². The summed E-state index contributed by atoms with van der Waals surface area (Å²) in [5, 5.41) is 0. The van der Waals surface area contributed by atoms with Crippen molar-refractivity contribution in [3.63, 3.8) is 0 Å². The zero-order valence-electron chi connectivity index (χ0n) is 7.18. The first-order chi connectivity index (χ1) is 5.64. The molecule has 0 aromatic rings. The number of nitrogens with one attached hydrogen (secondary N) is 2. The number of methoxy groups -OCH3 is 1. The van der Waals surface area contributed by atoms with Gasteiger partial charge in [-0.25, -0.2) is 10.2 Å². The molecular weight excluding hydrogens is 158 g/mol. The van der Waals surface area contributed by atoms with Crippen LogP contribution in [0.2, 0.25) is 0 Å². The van der Waals surface area contributed by atoms with Gasteiger partial charge in [0.1, 0.15) is 5.82 Å². The van der Waals surface area contributed by atoms with Crippen molar-refractivity contribution < 1.29 is 9.53 Å². The lowest BCUT2D eigenvalue weighted by Crippen LogP contribution is -2.51. The van der Waals surface area contributed by atoms with E-state index in [0.717, 1.165) is 0 Å². The molecule has 1 atom stereocenters. The Balaban J connectivity index is 2.85. The van der Waals surface area contributed by atoms with Crippen LogP contribution < -0.4 is 16.6 Å². The van der Waals surface area contributed by atoms with Gasteiger partial charge in [-0.2, -0.15) is 0 Å². The van der Waals surface area contributed by atoms with Gasteiger partial charge in [-0.3, -0.25) is 0 Å². The minimum atomic E-state index is -0.793. The second-order valence-electron chi connectivity index (χ2n) is 2.67. The van der Waals surface area contributed by atoms with E-state index in [1.807, 2.05) is 6.92 Å². The Kier molecular flexibility index (Phi) is 2.23. The molecule has 5 heteroatoms. The molecule has 1 aliphatic rings. The van der Waals surface area contributed by atoms with Crippen LogP contribution in [0.15, 0.2) is 11.9 Å². The van der Waals surface area contributed by atoms with E-state index in [1.165, 1.54) is 7.11 Å². The van der Waals surface area contributed by atoms with Gasteiger partial charge in [0.05, 0.1) is 7.11 Å². The van der Waals surface area contributed by atoms with Crippen LogP contribution in [0.25, 0.3) is 0 Å². The maximum atomic E-state index is 11.3. The highest BCUT2D eigenvalue weighted by Gasteiger charge is 2.39. The van der Waals surface area contributed by atoms with E-state index in [1.54, 1.807) is 6.08 Å². The normalized spacial score (nSPS) is 27.7. The van der Waals surface area contributed by atoms with E-state index in [2.05, 4.69) is 15.6 Å². The first-order valence-electron chi connectivity index (χ1n) is 3.74. The van der Waals surface area contributed by atoms with Crippen molar-refractivity contribution in [2.75, 3.05) is 7.11 Å². The molecule has 1 unspecified atom stereocenters. The molecule has 0 saturated carbocycles. The van der Waals surface area contributed by atoms with Gasteiger partial charge >= 0.3 is 5.97 Å². The van der Waals surface area contributed by atoms with Crippen LogP contribution in [0.1, 0.15) is 13.3 Å². The van der Waals surface area contributed by atoms with Crippen LogP contribution in [0.3, 0.4) is 0 Å². The van der Waals surface area contributed by atoms with Crippen molar-refractivity contribution in [3.8, 4) is 0 Å². The summed E-state index contributed by atoms with van der Waals surface area (Å²) in [4.78, 5) is 11.3. The minimum absolute atomic E-state index is 0.335. The molecule has 0 radical (unpaired) electrons. The third-order valence-corrected chi connectivity index (χ3v) is 1.94. The molecule has 0 aliphatic carbocycles. The van der Waals surface area contributed by atoms with Crippen molar-refractivity contribution in [1.82, 2.24) is 10.9 Å². The molecule has 68 valence electrons. The fraction of sp³-hybridized carbons (Fsp3) is 0.571. The van der Waals surface area contributed by atoms with Crippen molar-refractivity contribution in [1.29, 1.82) is 0 Å². The van der Waals surface area contributed by atoms with Crippen LogP contribution in [0.5, 0.6) is 0 Å². The Labute approximate surface area is 70.9 Å². The lowest BCUT2D eigenvalue weighted by atomic mass is 9.98. The van der Waals surface area contributed by atoms with E-state index in [-0.39, 0.29) is 5.97 Å². The molecule has 12 heavy (non-hydrogen) atoms. The van der Waals surface area contributed by atoms with E-state index in [4.69, 9.17) is 5.73 Å². The van der Waals surface area contributed by atoms with Gasteiger partial charge in [-0.15, -0.1) is 0 Å². The molecule has 5 nitrogen and oxygen atoms in total. The summed E-state index contributed by atoms with van der Waals surface area (Å²) in [6, 6.07) is 0. The van der Waals surface area contributed by atoms with Gasteiger partial charge in [0.25, 0.3) is 0 Å². The van der Waals surface area contributed by atoms with Crippen molar-refractivity contribution in [3.05, 3.63) is 11.9 Å². The molecule has 0 aromatic carbocycles. The van der Waals surface area contributed by atoms with Gasteiger partial charge in [-0.1, -0.05) is 6.92 Å². The predicted molar refractivity (Wildman–Crippen MR) is 43.6 cm³/mol. The second kappa shape index (κ2) is 3.02. The van der Waals surface area contributed by atoms with Gasteiger partial charge in [0.2, 0.25) is 0 Å². The number of carbonyl (C=O) groups excluding carboxylic acids is 1. The lowest BCUT2D eigenvalue weighted by Gasteiger charge is -2.21.